The number of ether oxygens (including phenoxy) is 1. The second-order valence-electron chi connectivity index (χ2n) is 4.40. The van der Waals surface area contributed by atoms with Crippen molar-refractivity contribution in [2.75, 3.05) is 14.2 Å². The van der Waals surface area contributed by atoms with Crippen molar-refractivity contribution in [2.24, 2.45) is 0 Å². The Morgan fingerprint density at radius 3 is 2.67 bits per heavy atom. The summed E-state index contributed by atoms with van der Waals surface area (Å²) in [6.07, 6.45) is 2.13. The summed E-state index contributed by atoms with van der Waals surface area (Å²) in [5.74, 6) is 0.945. The van der Waals surface area contributed by atoms with Crippen molar-refractivity contribution >= 4 is 0 Å². The molecule has 2 aromatic rings. The Kier molecular flexibility index (Phi) is 4.05. The maximum Gasteiger partial charge on any atom is 0.123 e. The van der Waals surface area contributed by atoms with E-state index < -0.39 is 0 Å². The lowest BCUT2D eigenvalue weighted by Crippen LogP contribution is -2.07. The maximum atomic E-state index is 5.39. The summed E-state index contributed by atoms with van der Waals surface area (Å²) in [5, 5.41) is 3.19. The SMILES string of the molecule is CNCc1ccn(Cc2ccccc2OC)c1C. The molecule has 0 aliphatic rings. The Balaban J connectivity index is 2.23. The van der Waals surface area contributed by atoms with E-state index in [1.54, 1.807) is 7.11 Å². The highest BCUT2D eigenvalue weighted by atomic mass is 16.5. The average Bonchev–Trinajstić information content (AvgIpc) is 2.73. The lowest BCUT2D eigenvalue weighted by atomic mass is 10.2. The van der Waals surface area contributed by atoms with E-state index in [-0.39, 0.29) is 0 Å². The van der Waals surface area contributed by atoms with Crippen LogP contribution in [-0.2, 0) is 13.1 Å². The molecule has 0 radical (unpaired) electrons. The van der Waals surface area contributed by atoms with Crippen molar-refractivity contribution in [3.05, 3.63) is 53.3 Å². The standard InChI is InChI=1S/C15H20N2O/c1-12-13(10-16-2)8-9-17(12)11-14-6-4-5-7-15(14)18-3/h4-9,16H,10-11H2,1-3H3. The van der Waals surface area contributed by atoms with Gasteiger partial charge in [0.25, 0.3) is 0 Å². The first-order valence-corrected chi connectivity index (χ1v) is 6.17. The highest BCUT2D eigenvalue weighted by Crippen LogP contribution is 2.20. The zero-order valence-corrected chi connectivity index (χ0v) is 11.2. The molecule has 0 saturated carbocycles. The molecule has 1 N–H and O–H groups in total. The molecule has 3 nitrogen and oxygen atoms in total. The summed E-state index contributed by atoms with van der Waals surface area (Å²) >= 11 is 0. The molecule has 18 heavy (non-hydrogen) atoms. The first-order valence-electron chi connectivity index (χ1n) is 6.17. The van der Waals surface area contributed by atoms with Crippen LogP contribution in [0.15, 0.2) is 36.5 Å². The zero-order valence-electron chi connectivity index (χ0n) is 11.2. The van der Waals surface area contributed by atoms with Gasteiger partial charge in [-0.05, 0) is 31.7 Å². The van der Waals surface area contributed by atoms with Gasteiger partial charge in [-0.25, -0.2) is 0 Å². The number of methoxy groups -OCH3 is 1. The molecule has 3 heteroatoms. The summed E-state index contributed by atoms with van der Waals surface area (Å²) in [5.41, 5.74) is 3.84. The van der Waals surface area contributed by atoms with E-state index in [0.717, 1.165) is 18.8 Å². The summed E-state index contributed by atoms with van der Waals surface area (Å²) in [4.78, 5) is 0. The topological polar surface area (TPSA) is 26.2 Å². The van der Waals surface area contributed by atoms with Crippen LogP contribution in [0, 0.1) is 6.92 Å². The predicted octanol–water partition coefficient (Wildman–Crippen LogP) is 2.57. The molecule has 0 amide bonds. The number of aromatic nitrogens is 1. The summed E-state index contributed by atoms with van der Waals surface area (Å²) in [6.45, 7) is 3.91. The molecular weight excluding hydrogens is 224 g/mol. The van der Waals surface area contributed by atoms with Crippen LogP contribution < -0.4 is 10.1 Å². The van der Waals surface area contributed by atoms with Gasteiger partial charge < -0.3 is 14.6 Å². The predicted molar refractivity (Wildman–Crippen MR) is 74.0 cm³/mol. The monoisotopic (exact) mass is 244 g/mol. The fraction of sp³-hybridized carbons (Fsp3) is 0.333. The Morgan fingerprint density at radius 1 is 1.17 bits per heavy atom. The minimum Gasteiger partial charge on any atom is -0.496 e. The molecule has 0 spiro atoms. The largest absolute Gasteiger partial charge is 0.496 e. The van der Waals surface area contributed by atoms with Crippen LogP contribution in [-0.4, -0.2) is 18.7 Å². The minimum absolute atomic E-state index is 0.847. The van der Waals surface area contributed by atoms with Crippen molar-refractivity contribution < 1.29 is 4.74 Å². The van der Waals surface area contributed by atoms with Crippen molar-refractivity contribution in [3.63, 3.8) is 0 Å². The van der Waals surface area contributed by atoms with Crippen LogP contribution in [0.25, 0.3) is 0 Å². The fourth-order valence-corrected chi connectivity index (χ4v) is 2.16. The molecule has 96 valence electrons. The normalized spacial score (nSPS) is 10.6. The van der Waals surface area contributed by atoms with Crippen LogP contribution in [0.4, 0.5) is 0 Å². The van der Waals surface area contributed by atoms with E-state index in [4.69, 9.17) is 4.74 Å². The Hall–Kier alpha value is -1.74. The Bertz CT molecular complexity index is 517. The Morgan fingerprint density at radius 2 is 1.94 bits per heavy atom. The van der Waals surface area contributed by atoms with Crippen molar-refractivity contribution in [2.45, 2.75) is 20.0 Å². The molecule has 0 saturated heterocycles. The van der Waals surface area contributed by atoms with Gasteiger partial charge >= 0.3 is 0 Å². The van der Waals surface area contributed by atoms with Crippen molar-refractivity contribution in [1.29, 1.82) is 0 Å². The smallest absolute Gasteiger partial charge is 0.123 e. The lowest BCUT2D eigenvalue weighted by Gasteiger charge is -2.11. The summed E-state index contributed by atoms with van der Waals surface area (Å²) < 4.78 is 7.64. The van der Waals surface area contributed by atoms with Gasteiger partial charge in [-0.3, -0.25) is 0 Å². The summed E-state index contributed by atoms with van der Waals surface area (Å²) in [7, 11) is 3.69. The summed E-state index contributed by atoms with van der Waals surface area (Å²) in [6, 6.07) is 10.3. The number of hydrogen-bond acceptors (Lipinski definition) is 2. The number of benzene rings is 1. The minimum atomic E-state index is 0.847. The van der Waals surface area contributed by atoms with Gasteiger partial charge in [-0.15, -0.1) is 0 Å². The second-order valence-corrected chi connectivity index (χ2v) is 4.40. The number of para-hydroxylation sites is 1. The van der Waals surface area contributed by atoms with E-state index in [0.29, 0.717) is 0 Å². The molecule has 0 aliphatic heterocycles. The molecular formula is C15H20N2O. The lowest BCUT2D eigenvalue weighted by molar-refractivity contribution is 0.408. The van der Waals surface area contributed by atoms with E-state index in [2.05, 4.69) is 35.1 Å². The fourth-order valence-electron chi connectivity index (χ4n) is 2.16. The first-order chi connectivity index (χ1) is 8.76. The van der Waals surface area contributed by atoms with E-state index >= 15 is 0 Å². The average molecular weight is 244 g/mol. The molecule has 0 unspecified atom stereocenters. The van der Waals surface area contributed by atoms with Gasteiger partial charge in [0.2, 0.25) is 0 Å². The molecule has 0 fully saturated rings. The third-order valence-corrected chi connectivity index (χ3v) is 3.25. The molecule has 0 bridgehead atoms. The van der Waals surface area contributed by atoms with Gasteiger partial charge in [-0.1, -0.05) is 18.2 Å². The van der Waals surface area contributed by atoms with Gasteiger partial charge in [0.05, 0.1) is 13.7 Å². The zero-order chi connectivity index (χ0) is 13.0. The van der Waals surface area contributed by atoms with Crippen LogP contribution in [0.2, 0.25) is 0 Å². The molecule has 1 aromatic heterocycles. The van der Waals surface area contributed by atoms with Crippen LogP contribution in [0.5, 0.6) is 5.75 Å². The second kappa shape index (κ2) is 5.74. The van der Waals surface area contributed by atoms with Crippen molar-refractivity contribution in [3.8, 4) is 5.75 Å². The first kappa shape index (κ1) is 12.7. The molecule has 1 heterocycles. The van der Waals surface area contributed by atoms with Crippen LogP contribution in [0.1, 0.15) is 16.8 Å². The van der Waals surface area contributed by atoms with Gasteiger partial charge in [0.15, 0.2) is 0 Å². The number of nitrogens with one attached hydrogen (secondary N) is 1. The van der Waals surface area contributed by atoms with Gasteiger partial charge in [0, 0.05) is 24.0 Å². The molecule has 1 aromatic carbocycles. The van der Waals surface area contributed by atoms with Gasteiger partial charge in [0.1, 0.15) is 5.75 Å². The number of nitrogens with zero attached hydrogens (tertiary/aromatic N) is 1. The van der Waals surface area contributed by atoms with E-state index in [9.17, 15) is 0 Å². The highest BCUT2D eigenvalue weighted by molar-refractivity contribution is 5.34. The third kappa shape index (κ3) is 2.57. The van der Waals surface area contributed by atoms with Crippen LogP contribution in [0.3, 0.4) is 0 Å². The van der Waals surface area contributed by atoms with E-state index in [1.807, 2.05) is 25.2 Å². The number of rotatable bonds is 5. The van der Waals surface area contributed by atoms with Gasteiger partial charge in [-0.2, -0.15) is 0 Å². The Labute approximate surface area is 108 Å². The van der Waals surface area contributed by atoms with Crippen molar-refractivity contribution in [1.82, 2.24) is 9.88 Å². The van der Waals surface area contributed by atoms with Crippen LogP contribution >= 0.6 is 0 Å². The highest BCUT2D eigenvalue weighted by Gasteiger charge is 2.07. The quantitative estimate of drug-likeness (QED) is 0.875. The molecule has 0 aliphatic carbocycles. The molecule has 2 rings (SSSR count). The third-order valence-electron chi connectivity index (χ3n) is 3.25. The number of hydrogen-bond donors (Lipinski definition) is 1. The maximum absolute atomic E-state index is 5.39. The molecule has 0 atom stereocenters. The van der Waals surface area contributed by atoms with E-state index in [1.165, 1.54) is 16.8 Å².